The molecule has 5 rings (SSSR count). The second-order valence-electron chi connectivity index (χ2n) is 7.61. The van der Waals surface area contributed by atoms with E-state index in [0.29, 0.717) is 30.1 Å². The van der Waals surface area contributed by atoms with E-state index in [-0.39, 0.29) is 10.1 Å². The van der Waals surface area contributed by atoms with Crippen LogP contribution in [0.15, 0.2) is 74.7 Å². The third-order valence-corrected chi connectivity index (χ3v) is 8.79. The average molecular weight is 468 g/mol. The van der Waals surface area contributed by atoms with Crippen molar-refractivity contribution in [1.29, 1.82) is 0 Å². The van der Waals surface area contributed by atoms with E-state index in [0.717, 1.165) is 23.9 Å². The number of benzene rings is 2. The van der Waals surface area contributed by atoms with Gasteiger partial charge in [-0.3, -0.25) is 4.79 Å². The second-order valence-corrected chi connectivity index (χ2v) is 10.7. The third-order valence-electron chi connectivity index (χ3n) is 5.51. The lowest BCUT2D eigenvalue weighted by Gasteiger charge is -2.33. The van der Waals surface area contributed by atoms with E-state index in [4.69, 9.17) is 4.42 Å². The van der Waals surface area contributed by atoms with Gasteiger partial charge in [-0.2, -0.15) is 4.31 Å². The number of oxazole rings is 1. The number of carbonyl (C=O) groups excluding carboxylic acids is 1. The van der Waals surface area contributed by atoms with Crippen molar-refractivity contribution in [3.63, 3.8) is 0 Å². The topological polar surface area (TPSA) is 92.5 Å². The molecule has 0 spiro atoms. The first-order chi connectivity index (χ1) is 15.5. The van der Waals surface area contributed by atoms with Crippen molar-refractivity contribution in [2.24, 2.45) is 0 Å². The number of para-hydroxylation sites is 2. The van der Waals surface area contributed by atoms with Gasteiger partial charge in [-0.15, -0.1) is 11.3 Å². The van der Waals surface area contributed by atoms with Gasteiger partial charge < -0.3 is 9.73 Å². The van der Waals surface area contributed by atoms with E-state index >= 15 is 0 Å². The zero-order chi connectivity index (χ0) is 22.1. The van der Waals surface area contributed by atoms with Gasteiger partial charge in [-0.05, 0) is 60.7 Å². The Balaban J connectivity index is 1.33. The molecular formula is C23H21N3O4S2. The molecule has 7 nitrogen and oxygen atoms in total. The number of hydrogen-bond acceptors (Lipinski definition) is 6. The Labute approximate surface area is 189 Å². The highest BCUT2D eigenvalue weighted by atomic mass is 32.2. The smallest absolute Gasteiger partial charge is 0.253 e. The molecule has 164 valence electrons. The number of rotatable bonds is 5. The molecule has 3 heterocycles. The van der Waals surface area contributed by atoms with Crippen LogP contribution < -0.4 is 5.32 Å². The van der Waals surface area contributed by atoms with Crippen molar-refractivity contribution < 1.29 is 17.6 Å². The first kappa shape index (κ1) is 20.9. The SMILES string of the molecule is O=C(Nc1ccc(-c2nc3ccccc3o2)cc1)C1CCCCN1S(=O)(=O)c1cccs1. The average Bonchev–Trinajstić information content (AvgIpc) is 3.50. The van der Waals surface area contributed by atoms with Gasteiger partial charge in [0.1, 0.15) is 15.8 Å². The Morgan fingerprint density at radius 1 is 1.06 bits per heavy atom. The van der Waals surface area contributed by atoms with E-state index in [1.54, 1.807) is 29.6 Å². The molecule has 1 fully saturated rings. The number of fused-ring (bicyclic) bond motifs is 1. The van der Waals surface area contributed by atoms with E-state index in [9.17, 15) is 13.2 Å². The molecule has 1 unspecified atom stereocenters. The van der Waals surface area contributed by atoms with Gasteiger partial charge in [0.15, 0.2) is 5.58 Å². The van der Waals surface area contributed by atoms with Crippen LogP contribution >= 0.6 is 11.3 Å². The summed E-state index contributed by atoms with van der Waals surface area (Å²) in [5.41, 5.74) is 2.88. The van der Waals surface area contributed by atoms with Crippen LogP contribution in [0, 0.1) is 0 Å². The van der Waals surface area contributed by atoms with Crippen molar-refractivity contribution in [3.05, 3.63) is 66.0 Å². The highest BCUT2D eigenvalue weighted by Gasteiger charge is 2.38. The molecule has 1 aliphatic rings. The van der Waals surface area contributed by atoms with E-state index in [1.807, 2.05) is 36.4 Å². The minimum Gasteiger partial charge on any atom is -0.436 e. The summed E-state index contributed by atoms with van der Waals surface area (Å²) < 4.78 is 33.4. The Morgan fingerprint density at radius 3 is 2.62 bits per heavy atom. The molecule has 1 amide bonds. The molecule has 2 aromatic carbocycles. The summed E-state index contributed by atoms with van der Waals surface area (Å²) in [6.07, 6.45) is 2.05. The number of hydrogen-bond donors (Lipinski definition) is 1. The molecule has 0 saturated carbocycles. The third kappa shape index (κ3) is 3.94. The maximum absolute atomic E-state index is 13.0. The fourth-order valence-electron chi connectivity index (χ4n) is 3.90. The molecule has 0 aliphatic carbocycles. The van der Waals surface area contributed by atoms with Crippen molar-refractivity contribution in [2.45, 2.75) is 29.5 Å². The van der Waals surface area contributed by atoms with Crippen LogP contribution in [0.2, 0.25) is 0 Å². The zero-order valence-electron chi connectivity index (χ0n) is 17.1. The number of anilines is 1. The lowest BCUT2D eigenvalue weighted by atomic mass is 10.0. The lowest BCUT2D eigenvalue weighted by molar-refractivity contribution is -0.120. The van der Waals surface area contributed by atoms with E-state index in [1.165, 1.54) is 15.6 Å². The predicted octanol–water partition coefficient (Wildman–Crippen LogP) is 4.74. The van der Waals surface area contributed by atoms with Gasteiger partial charge in [0, 0.05) is 17.8 Å². The number of amides is 1. The second kappa shape index (κ2) is 8.50. The largest absolute Gasteiger partial charge is 0.436 e. The number of aromatic nitrogens is 1. The fourth-order valence-corrected chi connectivity index (χ4v) is 6.67. The lowest BCUT2D eigenvalue weighted by Crippen LogP contribution is -2.49. The molecule has 1 atom stereocenters. The van der Waals surface area contributed by atoms with Gasteiger partial charge in [-0.25, -0.2) is 13.4 Å². The number of nitrogens with zero attached hydrogens (tertiary/aromatic N) is 2. The summed E-state index contributed by atoms with van der Waals surface area (Å²) in [6.45, 7) is 0.342. The summed E-state index contributed by atoms with van der Waals surface area (Å²) in [4.78, 5) is 17.5. The monoisotopic (exact) mass is 467 g/mol. The summed E-state index contributed by atoms with van der Waals surface area (Å²) in [5.74, 6) is 0.184. The minimum absolute atomic E-state index is 0.264. The van der Waals surface area contributed by atoms with Crippen molar-refractivity contribution in [3.8, 4) is 11.5 Å². The Morgan fingerprint density at radius 2 is 1.88 bits per heavy atom. The molecule has 0 bridgehead atoms. The molecule has 1 saturated heterocycles. The first-order valence-electron chi connectivity index (χ1n) is 10.3. The number of carbonyl (C=O) groups is 1. The molecule has 2 aromatic heterocycles. The summed E-state index contributed by atoms with van der Waals surface area (Å²) in [5, 5.41) is 4.60. The molecule has 32 heavy (non-hydrogen) atoms. The fraction of sp³-hybridized carbons (Fsp3) is 0.217. The van der Waals surface area contributed by atoms with Gasteiger partial charge in [0.2, 0.25) is 11.8 Å². The standard InChI is InChI=1S/C23H21N3O4S2/c27-22(19-7-3-4-14-26(19)32(28,29)21-9-5-15-31-21)24-17-12-10-16(11-13-17)23-25-18-6-1-2-8-20(18)30-23/h1-2,5-6,8-13,15,19H,3-4,7,14H2,(H,24,27). The predicted molar refractivity (Wildman–Crippen MR) is 124 cm³/mol. The molecule has 9 heteroatoms. The van der Waals surface area contributed by atoms with Crippen molar-refractivity contribution in [1.82, 2.24) is 9.29 Å². The number of sulfonamides is 1. The summed E-state index contributed by atoms with van der Waals surface area (Å²) >= 11 is 1.17. The van der Waals surface area contributed by atoms with Crippen LogP contribution in [0.25, 0.3) is 22.6 Å². The van der Waals surface area contributed by atoms with E-state index in [2.05, 4.69) is 10.3 Å². The summed E-state index contributed by atoms with van der Waals surface area (Å²) in [6, 6.07) is 17.3. The normalized spacial score (nSPS) is 17.4. The molecule has 4 aromatic rings. The highest BCUT2D eigenvalue weighted by molar-refractivity contribution is 7.91. The van der Waals surface area contributed by atoms with Crippen LogP contribution in [-0.4, -0.2) is 36.2 Å². The maximum Gasteiger partial charge on any atom is 0.253 e. The minimum atomic E-state index is -3.69. The van der Waals surface area contributed by atoms with Crippen LogP contribution in [0.4, 0.5) is 5.69 Å². The van der Waals surface area contributed by atoms with Crippen LogP contribution in [0.5, 0.6) is 0 Å². The van der Waals surface area contributed by atoms with Gasteiger partial charge in [-0.1, -0.05) is 24.6 Å². The molecule has 1 aliphatic heterocycles. The molecule has 1 N–H and O–H groups in total. The van der Waals surface area contributed by atoms with Crippen LogP contribution in [-0.2, 0) is 14.8 Å². The van der Waals surface area contributed by atoms with Crippen LogP contribution in [0.1, 0.15) is 19.3 Å². The van der Waals surface area contributed by atoms with Gasteiger partial charge >= 0.3 is 0 Å². The number of thiophene rings is 1. The Kier molecular flexibility index (Phi) is 5.54. The zero-order valence-corrected chi connectivity index (χ0v) is 18.7. The van der Waals surface area contributed by atoms with Crippen molar-refractivity contribution in [2.75, 3.05) is 11.9 Å². The first-order valence-corrected chi connectivity index (χ1v) is 12.7. The maximum atomic E-state index is 13.0. The van der Waals surface area contributed by atoms with Crippen molar-refractivity contribution >= 4 is 44.1 Å². The highest BCUT2D eigenvalue weighted by Crippen LogP contribution is 2.29. The van der Waals surface area contributed by atoms with Gasteiger partial charge in [0.25, 0.3) is 10.0 Å². The number of piperidine rings is 1. The Bertz CT molecular complexity index is 1310. The van der Waals surface area contributed by atoms with Crippen LogP contribution in [0.3, 0.4) is 0 Å². The molecule has 0 radical (unpaired) electrons. The number of nitrogens with one attached hydrogen (secondary N) is 1. The molecular weight excluding hydrogens is 446 g/mol. The Hall–Kier alpha value is -3.01. The summed E-state index contributed by atoms with van der Waals surface area (Å²) in [7, 11) is -3.69. The van der Waals surface area contributed by atoms with E-state index < -0.39 is 16.1 Å². The van der Waals surface area contributed by atoms with Gasteiger partial charge in [0.05, 0.1) is 0 Å². The quantitative estimate of drug-likeness (QED) is 0.458.